The van der Waals surface area contributed by atoms with Gasteiger partial charge in [-0.3, -0.25) is 9.69 Å². The molecule has 3 aromatic rings. The average molecular weight is 577 g/mol. The van der Waals surface area contributed by atoms with Gasteiger partial charge >= 0.3 is 16.3 Å². The van der Waals surface area contributed by atoms with Crippen molar-refractivity contribution in [3.05, 3.63) is 83.4 Å². The number of hydrogen-bond donors (Lipinski definition) is 1. The highest BCUT2D eigenvalue weighted by atomic mass is 32.2. The van der Waals surface area contributed by atoms with Gasteiger partial charge in [0, 0.05) is 36.8 Å². The van der Waals surface area contributed by atoms with E-state index in [9.17, 15) is 26.4 Å². The van der Waals surface area contributed by atoms with Gasteiger partial charge in [-0.2, -0.15) is 21.6 Å². The SMILES string of the molecule is CCOc1cc(CN2CCC(NC(=O)c3cccc(OS(C)(=O)=O)c3)CC2)ccc1-c1ccc(C(F)(F)F)cc1. The van der Waals surface area contributed by atoms with Crippen LogP contribution in [0.2, 0.25) is 0 Å². The van der Waals surface area contributed by atoms with E-state index in [1.165, 1.54) is 24.3 Å². The fourth-order valence-corrected chi connectivity index (χ4v) is 5.10. The number of halogens is 3. The number of benzene rings is 3. The first-order chi connectivity index (χ1) is 18.9. The number of nitrogens with one attached hydrogen (secondary N) is 1. The number of alkyl halides is 3. The lowest BCUT2D eigenvalue weighted by Crippen LogP contribution is -2.44. The number of carbonyl (C=O) groups excluding carboxylic acids is 1. The zero-order chi connectivity index (χ0) is 28.9. The molecule has 0 bridgehead atoms. The predicted molar refractivity (Wildman–Crippen MR) is 146 cm³/mol. The second-order valence-electron chi connectivity index (χ2n) is 9.68. The standard InChI is InChI=1S/C29H31F3N2O5S/c1-3-38-27-17-20(7-12-26(27)21-8-10-23(11-9-21)29(30,31)32)19-34-15-13-24(14-16-34)33-28(35)22-5-4-6-25(18-22)39-40(2,36)37/h4-12,17-18,24H,3,13-16,19H2,1-2H3,(H,33,35). The van der Waals surface area contributed by atoms with E-state index in [1.807, 2.05) is 25.1 Å². The first-order valence-electron chi connectivity index (χ1n) is 12.9. The van der Waals surface area contributed by atoms with Crippen molar-refractivity contribution in [3.63, 3.8) is 0 Å². The van der Waals surface area contributed by atoms with E-state index < -0.39 is 21.9 Å². The normalized spacial score (nSPS) is 15.0. The largest absolute Gasteiger partial charge is 0.493 e. The van der Waals surface area contributed by atoms with Crippen LogP contribution in [0, 0.1) is 0 Å². The van der Waals surface area contributed by atoms with Gasteiger partial charge in [0.1, 0.15) is 11.5 Å². The van der Waals surface area contributed by atoms with Gasteiger partial charge in [0.15, 0.2) is 0 Å². The van der Waals surface area contributed by atoms with Gasteiger partial charge in [0.05, 0.1) is 18.4 Å². The molecule has 1 aliphatic heterocycles. The molecule has 4 rings (SSSR count). The monoisotopic (exact) mass is 576 g/mol. The smallest absolute Gasteiger partial charge is 0.416 e. The molecule has 0 saturated carbocycles. The van der Waals surface area contributed by atoms with Crippen LogP contribution in [-0.4, -0.2) is 51.2 Å². The Balaban J connectivity index is 1.35. The van der Waals surface area contributed by atoms with Crippen molar-refractivity contribution in [1.82, 2.24) is 10.2 Å². The molecule has 1 N–H and O–H groups in total. The van der Waals surface area contributed by atoms with Crippen molar-refractivity contribution < 1.29 is 35.3 Å². The molecule has 214 valence electrons. The summed E-state index contributed by atoms with van der Waals surface area (Å²) < 4.78 is 72.3. The Labute approximate surface area is 232 Å². The summed E-state index contributed by atoms with van der Waals surface area (Å²) in [6, 6.07) is 16.8. The Morgan fingerprint density at radius 3 is 2.35 bits per heavy atom. The van der Waals surface area contributed by atoms with E-state index in [1.54, 1.807) is 12.1 Å². The van der Waals surface area contributed by atoms with Crippen LogP contribution in [0.5, 0.6) is 11.5 Å². The van der Waals surface area contributed by atoms with Crippen LogP contribution in [0.1, 0.15) is 41.3 Å². The van der Waals surface area contributed by atoms with Gasteiger partial charge in [-0.25, -0.2) is 0 Å². The molecule has 0 aromatic heterocycles. The van der Waals surface area contributed by atoms with Crippen LogP contribution in [0.3, 0.4) is 0 Å². The van der Waals surface area contributed by atoms with Crippen molar-refractivity contribution in [2.45, 2.75) is 38.5 Å². The molecule has 3 aromatic carbocycles. The van der Waals surface area contributed by atoms with Gasteiger partial charge in [-0.1, -0.05) is 30.3 Å². The van der Waals surface area contributed by atoms with Crippen LogP contribution >= 0.6 is 0 Å². The first-order valence-corrected chi connectivity index (χ1v) is 14.7. The number of likely N-dealkylation sites (tertiary alicyclic amines) is 1. The van der Waals surface area contributed by atoms with Crippen molar-refractivity contribution in [3.8, 4) is 22.6 Å². The Morgan fingerprint density at radius 1 is 1.02 bits per heavy atom. The summed E-state index contributed by atoms with van der Waals surface area (Å²) in [6.07, 6.45) is -1.96. The molecule has 1 fully saturated rings. The van der Waals surface area contributed by atoms with E-state index in [2.05, 4.69) is 10.2 Å². The van der Waals surface area contributed by atoms with Crippen molar-refractivity contribution in [2.24, 2.45) is 0 Å². The van der Waals surface area contributed by atoms with Crippen LogP contribution in [0.25, 0.3) is 11.1 Å². The molecule has 11 heteroatoms. The second kappa shape index (κ2) is 12.3. The number of hydrogen-bond acceptors (Lipinski definition) is 6. The van der Waals surface area contributed by atoms with Crippen LogP contribution in [0.15, 0.2) is 66.7 Å². The Bertz CT molecular complexity index is 1430. The molecule has 0 unspecified atom stereocenters. The molecule has 0 aliphatic carbocycles. The fourth-order valence-electron chi connectivity index (χ4n) is 4.64. The van der Waals surface area contributed by atoms with Gasteiger partial charge < -0.3 is 14.2 Å². The van der Waals surface area contributed by atoms with Gasteiger partial charge in [-0.15, -0.1) is 0 Å². The van der Waals surface area contributed by atoms with E-state index in [4.69, 9.17) is 8.92 Å². The molecule has 1 aliphatic rings. The summed E-state index contributed by atoms with van der Waals surface area (Å²) in [5, 5.41) is 3.01. The van der Waals surface area contributed by atoms with E-state index in [0.717, 1.165) is 55.4 Å². The lowest BCUT2D eigenvalue weighted by Gasteiger charge is -2.32. The molecule has 1 heterocycles. The van der Waals surface area contributed by atoms with Gasteiger partial charge in [0.2, 0.25) is 0 Å². The topological polar surface area (TPSA) is 84.9 Å². The average Bonchev–Trinajstić information content (AvgIpc) is 2.89. The quantitative estimate of drug-likeness (QED) is 0.339. The van der Waals surface area contributed by atoms with Crippen LogP contribution < -0.4 is 14.2 Å². The summed E-state index contributed by atoms with van der Waals surface area (Å²) >= 11 is 0. The van der Waals surface area contributed by atoms with Crippen LogP contribution in [-0.2, 0) is 22.8 Å². The number of rotatable bonds is 9. The summed E-state index contributed by atoms with van der Waals surface area (Å²) in [5.74, 6) is 0.405. The number of nitrogens with zero attached hydrogens (tertiary/aromatic N) is 1. The highest BCUT2D eigenvalue weighted by Gasteiger charge is 2.30. The third-order valence-corrected chi connectivity index (χ3v) is 7.04. The summed E-state index contributed by atoms with van der Waals surface area (Å²) in [7, 11) is -3.69. The summed E-state index contributed by atoms with van der Waals surface area (Å²) in [4.78, 5) is 15.0. The minimum atomic E-state index is -4.39. The summed E-state index contributed by atoms with van der Waals surface area (Å²) in [5.41, 5.74) is 2.02. The van der Waals surface area contributed by atoms with E-state index >= 15 is 0 Å². The molecule has 0 atom stereocenters. The first kappa shape index (κ1) is 29.4. The molecular weight excluding hydrogens is 545 g/mol. The van der Waals surface area contributed by atoms with E-state index in [-0.39, 0.29) is 17.7 Å². The number of amides is 1. The highest BCUT2D eigenvalue weighted by molar-refractivity contribution is 7.86. The lowest BCUT2D eigenvalue weighted by atomic mass is 10.00. The molecule has 0 spiro atoms. The third kappa shape index (κ3) is 7.98. The van der Waals surface area contributed by atoms with Gasteiger partial charge in [0.25, 0.3) is 5.91 Å². The minimum absolute atomic E-state index is 0.0238. The Hall–Kier alpha value is -3.57. The lowest BCUT2D eigenvalue weighted by molar-refractivity contribution is -0.137. The Morgan fingerprint density at radius 2 is 1.73 bits per heavy atom. The molecule has 1 amide bonds. The highest BCUT2D eigenvalue weighted by Crippen LogP contribution is 2.35. The number of ether oxygens (including phenoxy) is 1. The van der Waals surface area contributed by atoms with Crippen LogP contribution in [0.4, 0.5) is 13.2 Å². The van der Waals surface area contributed by atoms with Crippen molar-refractivity contribution in [1.29, 1.82) is 0 Å². The minimum Gasteiger partial charge on any atom is -0.493 e. The maximum absolute atomic E-state index is 13.0. The molecule has 7 nitrogen and oxygen atoms in total. The molecule has 40 heavy (non-hydrogen) atoms. The van der Waals surface area contributed by atoms with Crippen molar-refractivity contribution in [2.75, 3.05) is 26.0 Å². The maximum Gasteiger partial charge on any atom is 0.416 e. The molecule has 1 saturated heterocycles. The second-order valence-corrected chi connectivity index (χ2v) is 11.3. The van der Waals surface area contributed by atoms with Gasteiger partial charge in [-0.05, 0) is 67.3 Å². The third-order valence-electron chi connectivity index (χ3n) is 6.54. The fraction of sp³-hybridized carbons (Fsp3) is 0.345. The van der Waals surface area contributed by atoms with Crippen molar-refractivity contribution >= 4 is 16.0 Å². The summed E-state index contributed by atoms with van der Waals surface area (Å²) in [6.45, 7) is 4.46. The maximum atomic E-state index is 13.0. The zero-order valence-electron chi connectivity index (χ0n) is 22.2. The Kier molecular flexibility index (Phi) is 9.05. The van der Waals surface area contributed by atoms with E-state index in [0.29, 0.717) is 30.0 Å². The zero-order valence-corrected chi connectivity index (χ0v) is 23.0. The number of carbonyl (C=O) groups is 1. The molecular formula is C29H31F3N2O5S. The predicted octanol–water partition coefficient (Wildman–Crippen LogP) is 5.50. The number of piperidine rings is 1. The molecule has 0 radical (unpaired) electrons.